The van der Waals surface area contributed by atoms with Crippen LogP contribution in [-0.4, -0.2) is 6.26 Å². The zero-order chi connectivity index (χ0) is 13.8. The molecule has 0 heterocycles. The fraction of sp³-hybridized carbons (Fsp3) is 0.133. The van der Waals surface area contributed by atoms with Crippen molar-refractivity contribution in [1.29, 1.82) is 5.26 Å². The normalized spacial score (nSPS) is 9.95. The highest BCUT2D eigenvalue weighted by atomic mass is 32.2. The molecule has 96 valence electrons. The summed E-state index contributed by atoms with van der Waals surface area (Å²) in [7, 11) is 0. The van der Waals surface area contributed by atoms with Gasteiger partial charge in [-0.2, -0.15) is 5.26 Å². The number of rotatable bonds is 3. The molecule has 2 N–H and O–H groups in total. The minimum absolute atomic E-state index is 0.561. The predicted molar refractivity (Wildman–Crippen MR) is 78.6 cm³/mol. The lowest BCUT2D eigenvalue weighted by Crippen LogP contribution is -1.93. The van der Waals surface area contributed by atoms with Gasteiger partial charge in [-0.05, 0) is 49.1 Å². The summed E-state index contributed by atoms with van der Waals surface area (Å²) in [5.74, 6) is 1.28. The number of hydrogen-bond donors (Lipinski definition) is 1. The number of nitrogens with two attached hydrogens (primary N) is 1. The van der Waals surface area contributed by atoms with Crippen LogP contribution in [-0.2, 0) is 0 Å². The van der Waals surface area contributed by atoms with Crippen LogP contribution in [0, 0.1) is 18.3 Å². The van der Waals surface area contributed by atoms with Gasteiger partial charge in [0.25, 0.3) is 0 Å². The number of thioether (sulfide) groups is 1. The summed E-state index contributed by atoms with van der Waals surface area (Å²) < 4.78 is 5.84. The highest BCUT2D eigenvalue weighted by Crippen LogP contribution is 2.33. The van der Waals surface area contributed by atoms with Gasteiger partial charge in [0.15, 0.2) is 0 Å². The van der Waals surface area contributed by atoms with Gasteiger partial charge in [0.2, 0.25) is 0 Å². The van der Waals surface area contributed by atoms with E-state index in [0.717, 1.165) is 10.5 Å². The largest absolute Gasteiger partial charge is 0.456 e. The monoisotopic (exact) mass is 270 g/mol. The molecule has 2 rings (SSSR count). The molecule has 4 heteroatoms. The molecule has 0 aliphatic heterocycles. The maximum absolute atomic E-state index is 9.26. The van der Waals surface area contributed by atoms with Gasteiger partial charge in [-0.15, -0.1) is 11.8 Å². The fourth-order valence-electron chi connectivity index (χ4n) is 1.78. The molecule has 0 unspecified atom stereocenters. The minimum atomic E-state index is 0.561. The van der Waals surface area contributed by atoms with Gasteiger partial charge in [-0.25, -0.2) is 0 Å². The van der Waals surface area contributed by atoms with Crippen LogP contribution in [0.1, 0.15) is 11.1 Å². The number of hydrogen-bond acceptors (Lipinski definition) is 4. The van der Waals surface area contributed by atoms with Gasteiger partial charge in [-0.1, -0.05) is 6.07 Å². The van der Waals surface area contributed by atoms with Gasteiger partial charge in [0, 0.05) is 10.6 Å². The van der Waals surface area contributed by atoms with Crippen molar-refractivity contribution in [3.05, 3.63) is 47.5 Å². The van der Waals surface area contributed by atoms with E-state index >= 15 is 0 Å². The molecular formula is C15H14N2OS. The number of aryl methyl sites for hydroxylation is 1. The molecule has 0 spiro atoms. The number of nitriles is 1. The Bertz CT molecular complexity index is 647. The number of anilines is 1. The molecule has 2 aromatic carbocycles. The lowest BCUT2D eigenvalue weighted by atomic mass is 10.2. The predicted octanol–water partition coefficient (Wildman–Crippen LogP) is 3.96. The number of nitrogen functional groups attached to an aromatic ring is 1. The van der Waals surface area contributed by atoms with Crippen molar-refractivity contribution >= 4 is 17.4 Å². The standard InChI is InChI=1S/C15H14N2OS/c1-10-8-11(17)6-7-13(10)18-14-4-3-5-15(19-2)12(14)9-16/h3-8H,17H2,1-2H3. The highest BCUT2D eigenvalue weighted by Gasteiger charge is 2.10. The van der Waals surface area contributed by atoms with Crippen molar-refractivity contribution in [2.75, 3.05) is 12.0 Å². The molecule has 0 amide bonds. The Labute approximate surface area is 117 Å². The first-order valence-electron chi connectivity index (χ1n) is 5.76. The van der Waals surface area contributed by atoms with Crippen LogP contribution >= 0.6 is 11.8 Å². The fourth-order valence-corrected chi connectivity index (χ4v) is 2.35. The highest BCUT2D eigenvalue weighted by molar-refractivity contribution is 7.98. The third kappa shape index (κ3) is 2.83. The van der Waals surface area contributed by atoms with Crippen molar-refractivity contribution in [3.63, 3.8) is 0 Å². The first kappa shape index (κ1) is 13.3. The average Bonchev–Trinajstić information content (AvgIpc) is 2.41. The first-order chi connectivity index (χ1) is 9.15. The zero-order valence-electron chi connectivity index (χ0n) is 10.8. The van der Waals surface area contributed by atoms with Crippen molar-refractivity contribution in [3.8, 4) is 17.6 Å². The van der Waals surface area contributed by atoms with Crippen LogP contribution in [0.15, 0.2) is 41.3 Å². The molecule has 0 atom stereocenters. The summed E-state index contributed by atoms with van der Waals surface area (Å²) in [5.41, 5.74) is 7.91. The van der Waals surface area contributed by atoms with Crippen LogP contribution in [0.3, 0.4) is 0 Å². The summed E-state index contributed by atoms with van der Waals surface area (Å²) in [5, 5.41) is 9.26. The molecule has 0 bridgehead atoms. The molecule has 0 radical (unpaired) electrons. The third-order valence-electron chi connectivity index (χ3n) is 2.74. The van der Waals surface area contributed by atoms with Crippen molar-refractivity contribution in [1.82, 2.24) is 0 Å². The van der Waals surface area contributed by atoms with Gasteiger partial charge < -0.3 is 10.5 Å². The van der Waals surface area contributed by atoms with E-state index in [4.69, 9.17) is 10.5 Å². The van der Waals surface area contributed by atoms with Crippen LogP contribution in [0.5, 0.6) is 11.5 Å². The maximum Gasteiger partial charge on any atom is 0.146 e. The molecule has 0 aliphatic carbocycles. The molecule has 0 saturated carbocycles. The minimum Gasteiger partial charge on any atom is -0.456 e. The quantitative estimate of drug-likeness (QED) is 0.677. The second-order valence-electron chi connectivity index (χ2n) is 4.07. The van der Waals surface area contributed by atoms with Gasteiger partial charge >= 0.3 is 0 Å². The van der Waals surface area contributed by atoms with E-state index in [2.05, 4.69) is 6.07 Å². The number of ether oxygens (including phenoxy) is 1. The Morgan fingerprint density at radius 2 is 2.00 bits per heavy atom. The van der Waals surface area contributed by atoms with Crippen molar-refractivity contribution < 1.29 is 4.74 Å². The summed E-state index contributed by atoms with van der Waals surface area (Å²) in [6.45, 7) is 1.93. The van der Waals surface area contributed by atoms with E-state index in [1.54, 1.807) is 12.1 Å². The average molecular weight is 270 g/mol. The van der Waals surface area contributed by atoms with E-state index in [1.807, 2.05) is 37.4 Å². The topological polar surface area (TPSA) is 59.0 Å². The third-order valence-corrected chi connectivity index (χ3v) is 3.52. The van der Waals surface area contributed by atoms with Crippen molar-refractivity contribution in [2.24, 2.45) is 0 Å². The molecule has 0 aromatic heterocycles. The van der Waals surface area contributed by atoms with Gasteiger partial charge in [-0.3, -0.25) is 0 Å². The summed E-state index contributed by atoms with van der Waals surface area (Å²) in [4.78, 5) is 0.910. The Balaban J connectivity index is 2.41. The molecule has 0 saturated heterocycles. The first-order valence-corrected chi connectivity index (χ1v) is 6.99. The Morgan fingerprint density at radius 3 is 2.63 bits per heavy atom. The second-order valence-corrected chi connectivity index (χ2v) is 4.92. The van der Waals surface area contributed by atoms with E-state index < -0.39 is 0 Å². The van der Waals surface area contributed by atoms with E-state index in [-0.39, 0.29) is 0 Å². The Kier molecular flexibility index (Phi) is 3.98. The smallest absolute Gasteiger partial charge is 0.146 e. The molecule has 19 heavy (non-hydrogen) atoms. The Hall–Kier alpha value is -2.12. The van der Waals surface area contributed by atoms with Crippen LogP contribution in [0.25, 0.3) is 0 Å². The second kappa shape index (κ2) is 5.68. The van der Waals surface area contributed by atoms with Crippen LogP contribution in [0.2, 0.25) is 0 Å². The molecule has 2 aromatic rings. The molecular weight excluding hydrogens is 256 g/mol. The Morgan fingerprint density at radius 1 is 1.21 bits per heavy atom. The summed E-state index contributed by atoms with van der Waals surface area (Å²) in [6.07, 6.45) is 1.94. The van der Waals surface area contributed by atoms with E-state index in [0.29, 0.717) is 22.7 Å². The van der Waals surface area contributed by atoms with Gasteiger partial charge in [0.1, 0.15) is 23.1 Å². The van der Waals surface area contributed by atoms with Gasteiger partial charge in [0.05, 0.1) is 0 Å². The lowest BCUT2D eigenvalue weighted by Gasteiger charge is -2.12. The van der Waals surface area contributed by atoms with Crippen molar-refractivity contribution in [2.45, 2.75) is 11.8 Å². The molecule has 0 aliphatic rings. The summed E-state index contributed by atoms with van der Waals surface area (Å²) in [6, 6.07) is 13.2. The van der Waals surface area contributed by atoms with E-state index in [9.17, 15) is 5.26 Å². The summed E-state index contributed by atoms with van der Waals surface area (Å²) >= 11 is 1.53. The molecule has 0 fully saturated rings. The number of nitrogens with zero attached hydrogens (tertiary/aromatic N) is 1. The van der Waals surface area contributed by atoms with E-state index in [1.165, 1.54) is 11.8 Å². The SMILES string of the molecule is CSc1cccc(Oc2ccc(N)cc2C)c1C#N. The van der Waals surface area contributed by atoms with Crippen LogP contribution < -0.4 is 10.5 Å². The molecule has 3 nitrogen and oxygen atoms in total. The van der Waals surface area contributed by atoms with Crippen LogP contribution in [0.4, 0.5) is 5.69 Å². The zero-order valence-corrected chi connectivity index (χ0v) is 11.6. The number of benzene rings is 2. The lowest BCUT2D eigenvalue weighted by molar-refractivity contribution is 0.476. The maximum atomic E-state index is 9.26.